The van der Waals surface area contributed by atoms with Crippen LogP contribution in [0.1, 0.15) is 55.6 Å². The van der Waals surface area contributed by atoms with Gasteiger partial charge in [-0.25, -0.2) is 0 Å². The van der Waals surface area contributed by atoms with E-state index in [1.54, 1.807) is 14.2 Å². The number of hydrogen-bond donors (Lipinski definition) is 0. The largest absolute Gasteiger partial charge is 0.497 e. The lowest BCUT2D eigenvalue weighted by atomic mass is 9.92. The summed E-state index contributed by atoms with van der Waals surface area (Å²) in [5, 5.41) is 0. The van der Waals surface area contributed by atoms with Crippen LogP contribution in [0.25, 0.3) is 0 Å². The van der Waals surface area contributed by atoms with E-state index in [0.717, 1.165) is 22.6 Å². The van der Waals surface area contributed by atoms with Gasteiger partial charge >= 0.3 is 0 Å². The third-order valence-electron chi connectivity index (χ3n) is 6.56. The van der Waals surface area contributed by atoms with E-state index < -0.39 is 3.79 Å². The minimum Gasteiger partial charge on any atom is -0.497 e. The summed E-state index contributed by atoms with van der Waals surface area (Å²) < 4.78 is 8.85. The molecule has 0 amide bonds. The lowest BCUT2D eigenvalue weighted by molar-refractivity contribution is 0.414. The molecule has 1 aliphatic carbocycles. The Morgan fingerprint density at radius 3 is 0.949 bits per heavy atom. The van der Waals surface area contributed by atoms with Gasteiger partial charge in [-0.1, -0.05) is 155 Å². The van der Waals surface area contributed by atoms with Crippen LogP contribution in [-0.2, 0) is 0 Å². The molecule has 0 spiro atoms. The minimum atomic E-state index is -1.46. The molecular formula is C28H33Br6Cl3O2. The fourth-order valence-electron chi connectivity index (χ4n) is 4.20. The van der Waals surface area contributed by atoms with E-state index in [1.165, 1.54) is 38.5 Å². The van der Waals surface area contributed by atoms with Crippen LogP contribution in [0.5, 0.6) is 11.5 Å². The Bertz CT molecular complexity index is 852. The van der Waals surface area contributed by atoms with Crippen molar-refractivity contribution >= 4 is 130 Å². The molecule has 11 heteroatoms. The first-order valence-corrected chi connectivity index (χ1v) is 19.2. The Hall–Kier alpha value is 1.79. The molecule has 0 N–H and O–H groups in total. The van der Waals surface area contributed by atoms with Crippen molar-refractivity contribution in [2.75, 3.05) is 14.2 Å². The second-order valence-corrected chi connectivity index (χ2v) is 18.8. The van der Waals surface area contributed by atoms with Crippen molar-refractivity contribution in [1.82, 2.24) is 0 Å². The highest BCUT2D eigenvalue weighted by Crippen LogP contribution is 2.46. The van der Waals surface area contributed by atoms with E-state index in [9.17, 15) is 0 Å². The predicted octanol–water partition coefficient (Wildman–Crippen LogP) is 12.1. The molecular weight excluding hydrogens is 954 g/mol. The maximum absolute atomic E-state index is 6.18. The van der Waals surface area contributed by atoms with E-state index in [4.69, 9.17) is 44.3 Å². The highest BCUT2D eigenvalue weighted by molar-refractivity contribution is 9.13. The second-order valence-electron chi connectivity index (χ2n) is 9.35. The Morgan fingerprint density at radius 2 is 0.769 bits per heavy atom. The molecule has 1 aliphatic rings. The fraction of sp³-hybridized carbons (Fsp3) is 0.571. The van der Waals surface area contributed by atoms with Crippen molar-refractivity contribution in [3.8, 4) is 11.5 Å². The Morgan fingerprint density at radius 1 is 0.538 bits per heavy atom. The maximum atomic E-state index is 6.18. The molecule has 0 radical (unpaired) electrons. The highest BCUT2D eigenvalue weighted by atomic mass is 79.9. The SMILES string of the molecule is BrC1CCC(Br)C(Br)CCC(Br)C(Br)CCC1Br.COc1ccc(C(c2ccc(OC)cc2)C(Cl)(Cl)Cl)cc1. The van der Waals surface area contributed by atoms with Crippen molar-refractivity contribution in [3.63, 3.8) is 0 Å². The summed E-state index contributed by atoms with van der Waals surface area (Å²) in [6, 6.07) is 15.0. The van der Waals surface area contributed by atoms with E-state index in [1.807, 2.05) is 48.5 Å². The summed E-state index contributed by atoms with van der Waals surface area (Å²) in [6.45, 7) is 0. The van der Waals surface area contributed by atoms with Crippen LogP contribution in [0.4, 0.5) is 0 Å². The molecule has 0 aromatic heterocycles. The zero-order valence-electron chi connectivity index (χ0n) is 21.6. The van der Waals surface area contributed by atoms with Crippen molar-refractivity contribution in [2.45, 2.75) is 77.2 Å². The third kappa shape index (κ3) is 12.7. The van der Waals surface area contributed by atoms with Crippen LogP contribution < -0.4 is 9.47 Å². The summed E-state index contributed by atoms with van der Waals surface area (Å²) in [5.41, 5.74) is 1.81. The molecule has 3 rings (SSSR count). The number of rotatable bonds is 4. The first kappa shape index (κ1) is 37.0. The van der Waals surface area contributed by atoms with E-state index in [0.29, 0.717) is 29.0 Å². The Kier molecular flexibility index (Phi) is 17.6. The van der Waals surface area contributed by atoms with Gasteiger partial charge in [0.25, 0.3) is 0 Å². The molecule has 0 bridgehead atoms. The molecule has 0 heterocycles. The van der Waals surface area contributed by atoms with Gasteiger partial charge in [0.1, 0.15) is 11.5 Å². The number of benzene rings is 2. The quantitative estimate of drug-likeness (QED) is 0.284. The van der Waals surface area contributed by atoms with Crippen LogP contribution in [0.15, 0.2) is 48.5 Å². The van der Waals surface area contributed by atoms with E-state index >= 15 is 0 Å². The number of methoxy groups -OCH3 is 2. The smallest absolute Gasteiger partial charge is 0.201 e. The number of ether oxygens (including phenoxy) is 2. The van der Waals surface area contributed by atoms with Gasteiger partial charge in [0.15, 0.2) is 0 Å². The molecule has 2 aromatic rings. The molecule has 1 saturated carbocycles. The number of halogens is 9. The predicted molar refractivity (Wildman–Crippen MR) is 192 cm³/mol. The average Bonchev–Trinajstić information content (AvgIpc) is 2.92. The number of hydrogen-bond acceptors (Lipinski definition) is 2. The van der Waals surface area contributed by atoms with Crippen LogP contribution in [0.3, 0.4) is 0 Å². The topological polar surface area (TPSA) is 18.5 Å². The summed E-state index contributed by atoms with van der Waals surface area (Å²) >= 11 is 41.4. The van der Waals surface area contributed by atoms with Gasteiger partial charge in [-0.15, -0.1) is 0 Å². The van der Waals surface area contributed by atoms with Gasteiger partial charge < -0.3 is 9.47 Å². The molecule has 220 valence electrons. The van der Waals surface area contributed by atoms with Crippen molar-refractivity contribution in [3.05, 3.63) is 59.7 Å². The van der Waals surface area contributed by atoms with E-state index in [-0.39, 0.29) is 5.92 Å². The standard InChI is InChI=1S/C16H15Cl3O2.C12H18Br6/c1-20-13-7-3-11(4-8-13)15(16(17,18)19)12-5-9-14(21-2)10-6-12;13-7-1-2-8(14)10(16)5-6-12(18)11(17)4-3-9(7)15/h3-10,15H,1-2H3;7-12H,1-6H2. The van der Waals surface area contributed by atoms with Gasteiger partial charge in [-0.2, -0.15) is 0 Å². The molecule has 39 heavy (non-hydrogen) atoms. The summed E-state index contributed by atoms with van der Waals surface area (Å²) in [5.74, 6) is 1.15. The van der Waals surface area contributed by atoms with Gasteiger partial charge in [-0.3, -0.25) is 0 Å². The maximum Gasteiger partial charge on any atom is 0.201 e. The lowest BCUT2D eigenvalue weighted by Crippen LogP contribution is -2.25. The fourth-order valence-corrected chi connectivity index (χ4v) is 8.13. The van der Waals surface area contributed by atoms with Crippen molar-refractivity contribution in [1.29, 1.82) is 0 Å². The van der Waals surface area contributed by atoms with Crippen LogP contribution >= 0.6 is 130 Å². The summed E-state index contributed by atoms with van der Waals surface area (Å²) in [4.78, 5) is 3.36. The second kappa shape index (κ2) is 18.6. The molecule has 0 aliphatic heterocycles. The van der Waals surface area contributed by atoms with Crippen molar-refractivity contribution < 1.29 is 9.47 Å². The molecule has 6 unspecified atom stereocenters. The summed E-state index contributed by atoms with van der Waals surface area (Å²) in [6.07, 6.45) is 7.24. The average molecular weight is 987 g/mol. The summed E-state index contributed by atoms with van der Waals surface area (Å²) in [7, 11) is 3.23. The lowest BCUT2D eigenvalue weighted by Gasteiger charge is -2.25. The molecule has 2 nitrogen and oxygen atoms in total. The zero-order valence-corrected chi connectivity index (χ0v) is 33.4. The normalized spacial score (nSPS) is 27.0. The van der Waals surface area contributed by atoms with Crippen molar-refractivity contribution in [2.24, 2.45) is 0 Å². The zero-order chi connectivity index (χ0) is 29.2. The van der Waals surface area contributed by atoms with Crippen LogP contribution in [-0.4, -0.2) is 47.0 Å². The molecule has 0 saturated heterocycles. The highest BCUT2D eigenvalue weighted by Gasteiger charge is 2.35. The molecule has 6 atom stereocenters. The number of alkyl halides is 9. The third-order valence-corrected chi connectivity index (χ3v) is 15.9. The van der Waals surface area contributed by atoms with Gasteiger partial charge in [-0.05, 0) is 73.9 Å². The molecule has 1 fully saturated rings. The Labute approximate surface area is 299 Å². The van der Waals surface area contributed by atoms with Gasteiger partial charge in [0.2, 0.25) is 3.79 Å². The van der Waals surface area contributed by atoms with Crippen LogP contribution in [0.2, 0.25) is 0 Å². The first-order valence-electron chi connectivity index (χ1n) is 12.6. The first-order chi connectivity index (χ1) is 18.4. The monoisotopic (exact) mass is 980 g/mol. The minimum absolute atomic E-state index is 0.376. The molecule has 2 aromatic carbocycles. The van der Waals surface area contributed by atoms with Gasteiger partial charge in [0.05, 0.1) is 20.1 Å². The Balaban J connectivity index is 0.000000277. The van der Waals surface area contributed by atoms with Gasteiger partial charge in [0, 0.05) is 29.0 Å². The van der Waals surface area contributed by atoms with E-state index in [2.05, 4.69) is 95.6 Å². The van der Waals surface area contributed by atoms with Crippen LogP contribution in [0, 0.1) is 0 Å².